The van der Waals surface area contributed by atoms with E-state index < -0.39 is 0 Å². The largest absolute Gasteiger partial charge is 0.330 e. The van der Waals surface area contributed by atoms with Crippen molar-refractivity contribution in [2.24, 2.45) is 0 Å². The molecule has 0 saturated heterocycles. The summed E-state index contributed by atoms with van der Waals surface area (Å²) in [4.78, 5) is 3.12. The van der Waals surface area contributed by atoms with E-state index in [-0.39, 0.29) is 0 Å². The number of aromatic nitrogens is 2. The summed E-state index contributed by atoms with van der Waals surface area (Å²) in [5, 5.41) is 1.61. The topological polar surface area (TPSA) is 20.7 Å². The molecule has 7 heteroatoms. The molecular formula is C13H6BrCl3N2S. The maximum atomic E-state index is 6.10. The Hall–Kier alpha value is -0.520. The highest BCUT2D eigenvalue weighted by atomic mass is 79.9. The summed E-state index contributed by atoms with van der Waals surface area (Å²) in [5.41, 5.74) is 2.56. The molecule has 0 spiro atoms. The maximum Gasteiger partial charge on any atom is 0.182 e. The van der Waals surface area contributed by atoms with Gasteiger partial charge in [-0.25, -0.2) is 0 Å². The van der Waals surface area contributed by atoms with Crippen LogP contribution >= 0.6 is 63.0 Å². The molecule has 1 N–H and O–H groups in total. The van der Waals surface area contributed by atoms with Crippen molar-refractivity contribution in [2.45, 2.75) is 0 Å². The fraction of sp³-hybridized carbons (Fsp3) is 0. The molecule has 0 atom stereocenters. The highest BCUT2D eigenvalue weighted by molar-refractivity contribution is 9.10. The van der Waals surface area contributed by atoms with E-state index in [2.05, 4.69) is 20.9 Å². The molecule has 2 nitrogen and oxygen atoms in total. The van der Waals surface area contributed by atoms with Crippen molar-refractivity contribution in [3.8, 4) is 5.69 Å². The molecule has 0 aliphatic heterocycles. The predicted octanol–water partition coefficient (Wildman–Crippen LogP) is 6.41. The third kappa shape index (κ3) is 2.40. The Morgan fingerprint density at radius 3 is 2.45 bits per heavy atom. The standard InChI is InChI=1S/C13H6BrCl3N2S/c14-7-3-6(15)1-2-11(7)19-12-5-9(17)8(16)4-10(12)18-13(19)20/h1-5H,(H,18,20). The van der Waals surface area contributed by atoms with Crippen LogP contribution in [0.4, 0.5) is 0 Å². The van der Waals surface area contributed by atoms with Gasteiger partial charge in [-0.1, -0.05) is 34.8 Å². The summed E-state index contributed by atoms with van der Waals surface area (Å²) < 4.78 is 3.28. The Morgan fingerprint density at radius 1 is 1.05 bits per heavy atom. The van der Waals surface area contributed by atoms with Gasteiger partial charge in [0.1, 0.15) is 0 Å². The lowest BCUT2D eigenvalue weighted by Crippen LogP contribution is -1.95. The molecule has 0 aliphatic carbocycles. The molecule has 1 heterocycles. The van der Waals surface area contributed by atoms with Gasteiger partial charge in [0.05, 0.1) is 26.8 Å². The molecule has 20 heavy (non-hydrogen) atoms. The van der Waals surface area contributed by atoms with Crippen LogP contribution in [-0.4, -0.2) is 9.55 Å². The van der Waals surface area contributed by atoms with E-state index in [0.717, 1.165) is 21.2 Å². The number of halogens is 4. The molecule has 1 aromatic heterocycles. The Bertz CT molecular complexity index is 885. The molecule has 0 radical (unpaired) electrons. The number of fused-ring (bicyclic) bond motifs is 1. The molecule has 0 saturated carbocycles. The van der Waals surface area contributed by atoms with Crippen LogP contribution < -0.4 is 0 Å². The summed E-state index contributed by atoms with van der Waals surface area (Å²) in [6.45, 7) is 0. The van der Waals surface area contributed by atoms with Crippen molar-refractivity contribution in [1.82, 2.24) is 9.55 Å². The van der Waals surface area contributed by atoms with Crippen LogP contribution in [0, 0.1) is 4.77 Å². The Labute approximate surface area is 143 Å². The highest BCUT2D eigenvalue weighted by Crippen LogP contribution is 2.32. The van der Waals surface area contributed by atoms with Gasteiger partial charge in [0.15, 0.2) is 4.77 Å². The van der Waals surface area contributed by atoms with Crippen molar-refractivity contribution in [3.05, 3.63) is 54.6 Å². The average molecular weight is 409 g/mol. The smallest absolute Gasteiger partial charge is 0.182 e. The van der Waals surface area contributed by atoms with Crippen molar-refractivity contribution in [2.75, 3.05) is 0 Å². The second kappa shape index (κ2) is 5.35. The number of rotatable bonds is 1. The van der Waals surface area contributed by atoms with E-state index in [0.29, 0.717) is 19.8 Å². The van der Waals surface area contributed by atoms with E-state index in [1.54, 1.807) is 18.2 Å². The molecule has 3 aromatic rings. The summed E-state index contributed by atoms with van der Waals surface area (Å²) >= 11 is 27.0. The zero-order valence-electron chi connectivity index (χ0n) is 9.75. The van der Waals surface area contributed by atoms with Crippen LogP contribution in [0.2, 0.25) is 15.1 Å². The third-order valence-electron chi connectivity index (χ3n) is 2.87. The lowest BCUT2D eigenvalue weighted by atomic mass is 10.3. The van der Waals surface area contributed by atoms with E-state index in [1.165, 1.54) is 0 Å². The molecule has 0 amide bonds. The first kappa shape index (κ1) is 14.4. The lowest BCUT2D eigenvalue weighted by Gasteiger charge is -2.08. The number of imidazole rings is 1. The summed E-state index contributed by atoms with van der Waals surface area (Å²) in [6.07, 6.45) is 0. The molecule has 0 bridgehead atoms. The van der Waals surface area contributed by atoms with E-state index in [9.17, 15) is 0 Å². The third-order valence-corrected chi connectivity index (χ3v) is 4.75. The first-order valence-electron chi connectivity index (χ1n) is 5.52. The van der Waals surface area contributed by atoms with E-state index >= 15 is 0 Å². The monoisotopic (exact) mass is 406 g/mol. The molecule has 0 aliphatic rings. The SMILES string of the molecule is S=c1[nH]c2cc(Cl)c(Cl)cc2n1-c1ccc(Cl)cc1Br. The Kier molecular flexibility index (Phi) is 3.86. The molecule has 2 aromatic carbocycles. The van der Waals surface area contributed by atoms with Gasteiger partial charge in [0, 0.05) is 9.50 Å². The van der Waals surface area contributed by atoms with Crippen molar-refractivity contribution in [1.29, 1.82) is 0 Å². The number of aromatic amines is 1. The van der Waals surface area contributed by atoms with Gasteiger partial charge in [-0.3, -0.25) is 4.57 Å². The van der Waals surface area contributed by atoms with Gasteiger partial charge in [-0.15, -0.1) is 0 Å². The minimum absolute atomic E-state index is 0.479. The van der Waals surface area contributed by atoms with Gasteiger partial charge >= 0.3 is 0 Å². The van der Waals surface area contributed by atoms with Crippen molar-refractivity contribution in [3.63, 3.8) is 0 Å². The van der Waals surface area contributed by atoms with Gasteiger partial charge < -0.3 is 4.98 Å². The molecule has 0 fully saturated rings. The Morgan fingerprint density at radius 2 is 1.75 bits per heavy atom. The van der Waals surface area contributed by atoms with Gasteiger partial charge in [-0.2, -0.15) is 0 Å². The second-order valence-corrected chi connectivity index (χ2v) is 6.64. The van der Waals surface area contributed by atoms with Crippen LogP contribution in [0.5, 0.6) is 0 Å². The fourth-order valence-electron chi connectivity index (χ4n) is 2.00. The zero-order chi connectivity index (χ0) is 14.4. The van der Waals surface area contributed by atoms with E-state index in [1.807, 2.05) is 16.7 Å². The molecular weight excluding hydrogens is 402 g/mol. The molecule has 102 valence electrons. The molecule has 0 unspecified atom stereocenters. The number of nitrogens with one attached hydrogen (secondary N) is 1. The van der Waals surface area contributed by atoms with Gasteiger partial charge in [-0.05, 0) is 58.5 Å². The quantitative estimate of drug-likeness (QED) is 0.461. The van der Waals surface area contributed by atoms with E-state index in [4.69, 9.17) is 47.0 Å². The normalized spacial score (nSPS) is 11.2. The lowest BCUT2D eigenvalue weighted by molar-refractivity contribution is 1.06. The van der Waals surface area contributed by atoms with Gasteiger partial charge in [0.25, 0.3) is 0 Å². The second-order valence-electron chi connectivity index (χ2n) is 4.14. The average Bonchev–Trinajstić information content (AvgIpc) is 2.66. The van der Waals surface area contributed by atoms with Crippen LogP contribution in [0.1, 0.15) is 0 Å². The van der Waals surface area contributed by atoms with Gasteiger partial charge in [0.2, 0.25) is 0 Å². The fourth-order valence-corrected chi connectivity index (χ4v) is 3.49. The summed E-state index contributed by atoms with van der Waals surface area (Å²) in [6, 6.07) is 9.05. The Balaban J connectivity index is 2.39. The molecule has 3 rings (SSSR count). The van der Waals surface area contributed by atoms with Crippen LogP contribution in [0.25, 0.3) is 16.7 Å². The predicted molar refractivity (Wildman–Crippen MR) is 91.2 cm³/mol. The minimum Gasteiger partial charge on any atom is -0.330 e. The first-order valence-corrected chi connectivity index (χ1v) is 7.86. The highest BCUT2D eigenvalue weighted by Gasteiger charge is 2.12. The number of benzene rings is 2. The first-order chi connectivity index (χ1) is 9.47. The summed E-state index contributed by atoms with van der Waals surface area (Å²) in [7, 11) is 0. The number of nitrogens with zero attached hydrogens (tertiary/aromatic N) is 1. The zero-order valence-corrected chi connectivity index (χ0v) is 14.4. The maximum absolute atomic E-state index is 6.10. The number of hydrogen-bond acceptors (Lipinski definition) is 1. The van der Waals surface area contributed by atoms with Crippen molar-refractivity contribution >= 4 is 74.0 Å². The van der Waals surface area contributed by atoms with Crippen LogP contribution in [0.3, 0.4) is 0 Å². The summed E-state index contributed by atoms with van der Waals surface area (Å²) in [5.74, 6) is 0. The number of hydrogen-bond donors (Lipinski definition) is 1. The minimum atomic E-state index is 0.479. The van der Waals surface area contributed by atoms with Crippen LogP contribution in [-0.2, 0) is 0 Å². The number of H-pyrrole nitrogens is 1. The van der Waals surface area contributed by atoms with Crippen molar-refractivity contribution < 1.29 is 0 Å². The van der Waals surface area contributed by atoms with Crippen LogP contribution in [0.15, 0.2) is 34.8 Å².